The number of amides is 2. The van der Waals surface area contributed by atoms with Gasteiger partial charge in [0, 0.05) is 19.5 Å². The topological polar surface area (TPSA) is 67.9 Å². The fourth-order valence-corrected chi connectivity index (χ4v) is 3.53. The number of likely N-dealkylation sites (N-methyl/N-ethyl adjacent to an activating group) is 1. The third-order valence-corrected chi connectivity index (χ3v) is 5.24. The predicted octanol–water partition coefficient (Wildman–Crippen LogP) is 3.85. The Morgan fingerprint density at radius 3 is 2.00 bits per heavy atom. The molecule has 2 amide bonds. The van der Waals surface area contributed by atoms with Crippen molar-refractivity contribution in [1.82, 2.24) is 10.2 Å². The molecular weight excluding hydrogens is 416 g/mol. The van der Waals surface area contributed by atoms with Crippen LogP contribution in [0.1, 0.15) is 18.1 Å². The summed E-state index contributed by atoms with van der Waals surface area (Å²) in [6, 6.07) is 25.8. The summed E-state index contributed by atoms with van der Waals surface area (Å²) in [6.07, 6.45) is 0.410. The zero-order valence-electron chi connectivity index (χ0n) is 19.1. The van der Waals surface area contributed by atoms with Crippen molar-refractivity contribution in [3.8, 4) is 11.5 Å². The monoisotopic (exact) mass is 446 g/mol. The van der Waals surface area contributed by atoms with Gasteiger partial charge in [0.15, 0.2) is 6.61 Å². The van der Waals surface area contributed by atoms with E-state index in [1.54, 1.807) is 36.3 Å². The lowest BCUT2D eigenvalue weighted by Gasteiger charge is -2.31. The Hall–Kier alpha value is -3.80. The lowest BCUT2D eigenvalue weighted by atomic mass is 10.0. The minimum absolute atomic E-state index is 0.177. The molecular formula is C27H30N2O4. The molecule has 0 saturated carbocycles. The molecule has 0 bridgehead atoms. The van der Waals surface area contributed by atoms with Crippen molar-refractivity contribution >= 4 is 11.8 Å². The van der Waals surface area contributed by atoms with Crippen LogP contribution >= 0.6 is 0 Å². The van der Waals surface area contributed by atoms with Gasteiger partial charge in [0.1, 0.15) is 17.5 Å². The highest BCUT2D eigenvalue weighted by Gasteiger charge is 2.30. The van der Waals surface area contributed by atoms with E-state index >= 15 is 0 Å². The molecule has 6 heteroatoms. The molecule has 0 aromatic heterocycles. The second kappa shape index (κ2) is 12.3. The third kappa shape index (κ3) is 7.10. The maximum Gasteiger partial charge on any atom is 0.261 e. The lowest BCUT2D eigenvalue weighted by molar-refractivity contribution is -0.142. The van der Waals surface area contributed by atoms with Crippen LogP contribution in [0.3, 0.4) is 0 Å². The summed E-state index contributed by atoms with van der Waals surface area (Å²) >= 11 is 0. The maximum atomic E-state index is 13.4. The second-order valence-electron chi connectivity index (χ2n) is 7.57. The van der Waals surface area contributed by atoms with Crippen LogP contribution in [0.2, 0.25) is 0 Å². The molecule has 0 saturated heterocycles. The van der Waals surface area contributed by atoms with E-state index in [-0.39, 0.29) is 18.4 Å². The van der Waals surface area contributed by atoms with Crippen molar-refractivity contribution in [2.45, 2.75) is 25.9 Å². The molecule has 3 aromatic carbocycles. The van der Waals surface area contributed by atoms with Gasteiger partial charge in [-0.2, -0.15) is 0 Å². The number of nitrogens with one attached hydrogen (secondary N) is 1. The van der Waals surface area contributed by atoms with Crippen molar-refractivity contribution in [3.05, 3.63) is 96.1 Å². The number of nitrogens with zero attached hydrogens (tertiary/aromatic N) is 1. The first-order chi connectivity index (χ1) is 16.1. The molecule has 1 N–H and O–H groups in total. The normalized spacial score (nSPS) is 11.3. The molecule has 1 unspecified atom stereocenters. The number of hydrogen-bond donors (Lipinski definition) is 1. The molecule has 0 fully saturated rings. The van der Waals surface area contributed by atoms with Crippen molar-refractivity contribution < 1.29 is 19.1 Å². The van der Waals surface area contributed by atoms with Gasteiger partial charge in [-0.25, -0.2) is 0 Å². The van der Waals surface area contributed by atoms with Gasteiger partial charge < -0.3 is 19.7 Å². The number of methoxy groups -OCH3 is 1. The number of benzene rings is 3. The van der Waals surface area contributed by atoms with Gasteiger partial charge in [-0.15, -0.1) is 0 Å². The van der Waals surface area contributed by atoms with E-state index in [1.807, 2.05) is 67.6 Å². The van der Waals surface area contributed by atoms with Crippen LogP contribution in [-0.2, 0) is 22.6 Å². The quantitative estimate of drug-likeness (QED) is 0.486. The van der Waals surface area contributed by atoms with E-state index in [2.05, 4.69) is 5.32 Å². The standard InChI is InChI=1S/C27H30N2O4/c1-3-28-27(31)25(18-21-10-6-4-7-11-21)29(19-22-12-8-5-9-13-22)26(30)20-33-24-16-14-23(32-2)15-17-24/h4-17,25H,3,18-20H2,1-2H3,(H,28,31). The van der Waals surface area contributed by atoms with Crippen LogP contribution in [0.15, 0.2) is 84.9 Å². The molecule has 0 aliphatic heterocycles. The van der Waals surface area contributed by atoms with E-state index < -0.39 is 6.04 Å². The molecule has 6 nitrogen and oxygen atoms in total. The first kappa shape index (κ1) is 23.9. The molecule has 33 heavy (non-hydrogen) atoms. The van der Waals surface area contributed by atoms with Gasteiger partial charge >= 0.3 is 0 Å². The van der Waals surface area contributed by atoms with Crippen molar-refractivity contribution in [2.24, 2.45) is 0 Å². The average molecular weight is 447 g/mol. The van der Waals surface area contributed by atoms with Gasteiger partial charge in [0.25, 0.3) is 5.91 Å². The minimum atomic E-state index is -0.667. The largest absolute Gasteiger partial charge is 0.497 e. The molecule has 3 aromatic rings. The van der Waals surface area contributed by atoms with Crippen LogP contribution in [-0.4, -0.2) is 43.0 Å². The van der Waals surface area contributed by atoms with Crippen molar-refractivity contribution in [3.63, 3.8) is 0 Å². The molecule has 0 aliphatic rings. The fraction of sp³-hybridized carbons (Fsp3) is 0.259. The Morgan fingerprint density at radius 2 is 1.42 bits per heavy atom. The Bertz CT molecular complexity index is 1010. The summed E-state index contributed by atoms with van der Waals surface area (Å²) in [5.41, 5.74) is 1.92. The van der Waals surface area contributed by atoms with E-state index in [0.29, 0.717) is 31.0 Å². The lowest BCUT2D eigenvalue weighted by Crippen LogP contribution is -2.51. The Labute approximate surface area is 195 Å². The summed E-state index contributed by atoms with van der Waals surface area (Å²) in [7, 11) is 1.59. The van der Waals surface area contributed by atoms with Crippen LogP contribution in [0.25, 0.3) is 0 Å². The van der Waals surface area contributed by atoms with E-state index in [0.717, 1.165) is 11.1 Å². The molecule has 0 aliphatic carbocycles. The smallest absolute Gasteiger partial charge is 0.261 e. The zero-order valence-corrected chi connectivity index (χ0v) is 19.1. The summed E-state index contributed by atoms with van der Waals surface area (Å²) < 4.78 is 10.9. The van der Waals surface area contributed by atoms with Crippen molar-refractivity contribution in [2.75, 3.05) is 20.3 Å². The number of carbonyl (C=O) groups excluding carboxylic acids is 2. The van der Waals surface area contributed by atoms with Crippen LogP contribution in [0.4, 0.5) is 0 Å². The second-order valence-corrected chi connectivity index (χ2v) is 7.57. The Kier molecular flexibility index (Phi) is 8.88. The number of carbonyl (C=O) groups is 2. The van der Waals surface area contributed by atoms with E-state index in [1.165, 1.54) is 0 Å². The minimum Gasteiger partial charge on any atom is -0.497 e. The summed E-state index contributed by atoms with van der Waals surface area (Å²) in [6.45, 7) is 2.48. The van der Waals surface area contributed by atoms with E-state index in [9.17, 15) is 9.59 Å². The van der Waals surface area contributed by atoms with Gasteiger partial charge in [-0.05, 0) is 42.3 Å². The summed E-state index contributed by atoms with van der Waals surface area (Å²) in [5.74, 6) is 0.817. The highest BCUT2D eigenvalue weighted by Crippen LogP contribution is 2.18. The van der Waals surface area contributed by atoms with E-state index in [4.69, 9.17) is 9.47 Å². The number of rotatable bonds is 11. The summed E-state index contributed by atoms with van der Waals surface area (Å²) in [4.78, 5) is 28.1. The molecule has 0 heterocycles. The zero-order chi connectivity index (χ0) is 23.5. The van der Waals surface area contributed by atoms with Gasteiger partial charge in [-0.1, -0.05) is 60.7 Å². The number of hydrogen-bond acceptors (Lipinski definition) is 4. The fourth-order valence-electron chi connectivity index (χ4n) is 3.53. The maximum absolute atomic E-state index is 13.4. The molecule has 172 valence electrons. The first-order valence-corrected chi connectivity index (χ1v) is 11.0. The van der Waals surface area contributed by atoms with Gasteiger partial charge in [0.05, 0.1) is 7.11 Å². The summed E-state index contributed by atoms with van der Waals surface area (Å²) in [5, 5.41) is 2.89. The molecule has 0 radical (unpaired) electrons. The Balaban J connectivity index is 1.84. The van der Waals surface area contributed by atoms with Crippen LogP contribution in [0.5, 0.6) is 11.5 Å². The number of ether oxygens (including phenoxy) is 2. The van der Waals surface area contributed by atoms with Crippen LogP contribution in [0, 0.1) is 0 Å². The first-order valence-electron chi connectivity index (χ1n) is 11.0. The highest BCUT2D eigenvalue weighted by molar-refractivity contribution is 5.88. The molecule has 3 rings (SSSR count). The predicted molar refractivity (Wildman–Crippen MR) is 128 cm³/mol. The average Bonchev–Trinajstić information content (AvgIpc) is 2.86. The Morgan fingerprint density at radius 1 is 0.848 bits per heavy atom. The highest BCUT2D eigenvalue weighted by atomic mass is 16.5. The van der Waals surface area contributed by atoms with Gasteiger partial charge in [0.2, 0.25) is 5.91 Å². The molecule has 0 spiro atoms. The molecule has 1 atom stereocenters. The van der Waals surface area contributed by atoms with Crippen molar-refractivity contribution in [1.29, 1.82) is 0 Å². The van der Waals surface area contributed by atoms with Crippen LogP contribution < -0.4 is 14.8 Å². The van der Waals surface area contributed by atoms with Gasteiger partial charge in [-0.3, -0.25) is 9.59 Å². The SMILES string of the molecule is CCNC(=O)C(Cc1ccccc1)N(Cc1ccccc1)C(=O)COc1ccc(OC)cc1. The third-order valence-electron chi connectivity index (χ3n) is 5.24.